The van der Waals surface area contributed by atoms with Crippen molar-refractivity contribution in [3.8, 4) is 11.1 Å². The Morgan fingerprint density at radius 1 is 1.22 bits per heavy atom. The maximum absolute atomic E-state index is 12.0. The molecule has 1 aliphatic heterocycles. The zero-order valence-corrected chi connectivity index (χ0v) is 19.3. The van der Waals surface area contributed by atoms with E-state index in [1.807, 2.05) is 57.2 Å². The summed E-state index contributed by atoms with van der Waals surface area (Å²) in [5.41, 5.74) is 6.30. The highest BCUT2D eigenvalue weighted by Gasteiger charge is 2.36. The summed E-state index contributed by atoms with van der Waals surface area (Å²) in [4.78, 5) is 12.0. The maximum atomic E-state index is 12.0. The summed E-state index contributed by atoms with van der Waals surface area (Å²) >= 11 is 0. The number of aryl methyl sites for hydroxylation is 1. The summed E-state index contributed by atoms with van der Waals surface area (Å²) in [7, 11) is 1.62. The molecule has 0 radical (unpaired) electrons. The molecule has 1 aliphatic rings. The van der Waals surface area contributed by atoms with Gasteiger partial charge in [0, 0.05) is 19.0 Å². The first-order chi connectivity index (χ1) is 15.2. The monoisotopic (exact) mass is 435 g/mol. The van der Waals surface area contributed by atoms with E-state index in [0.717, 1.165) is 39.8 Å². The van der Waals surface area contributed by atoms with Gasteiger partial charge in [-0.3, -0.25) is 4.79 Å². The molecule has 32 heavy (non-hydrogen) atoms. The van der Waals surface area contributed by atoms with Gasteiger partial charge in [0.05, 0.1) is 12.2 Å². The highest BCUT2D eigenvalue weighted by molar-refractivity contribution is 5.95. The lowest BCUT2D eigenvalue weighted by atomic mass is 9.90. The number of hydrogen-bond donors (Lipinski definition) is 3. The van der Waals surface area contributed by atoms with E-state index in [0.29, 0.717) is 12.0 Å². The third-order valence-corrected chi connectivity index (χ3v) is 6.11. The van der Waals surface area contributed by atoms with E-state index in [-0.39, 0.29) is 12.0 Å². The van der Waals surface area contributed by atoms with Crippen molar-refractivity contribution >= 4 is 11.5 Å². The summed E-state index contributed by atoms with van der Waals surface area (Å²) in [6.45, 7) is 10.2. The number of aliphatic hydroxyl groups is 2. The summed E-state index contributed by atoms with van der Waals surface area (Å²) < 4.78 is 6.01. The fourth-order valence-corrected chi connectivity index (χ4v) is 4.22. The van der Waals surface area contributed by atoms with Crippen LogP contribution in [0.15, 0.2) is 60.7 Å². The molecule has 0 aliphatic carbocycles. The number of amides is 1. The number of carbonyl (C=O) groups excluding carboxylic acids is 1. The van der Waals surface area contributed by atoms with Crippen LogP contribution < -0.4 is 5.32 Å². The van der Waals surface area contributed by atoms with Crippen LogP contribution in [-0.2, 0) is 4.74 Å². The van der Waals surface area contributed by atoms with Gasteiger partial charge in [0.15, 0.2) is 0 Å². The van der Waals surface area contributed by atoms with Crippen molar-refractivity contribution in [2.75, 3.05) is 7.05 Å². The average molecular weight is 436 g/mol. The van der Waals surface area contributed by atoms with Crippen LogP contribution in [0.2, 0.25) is 0 Å². The molecule has 4 atom stereocenters. The smallest absolute Gasteiger partial charge is 0.251 e. The largest absolute Gasteiger partial charge is 0.390 e. The molecular formula is C27H33NO4. The van der Waals surface area contributed by atoms with Crippen LogP contribution in [0, 0.1) is 6.92 Å². The lowest BCUT2D eigenvalue weighted by molar-refractivity contribution is -0.155. The third-order valence-electron chi connectivity index (χ3n) is 6.11. The first-order valence-electron chi connectivity index (χ1n) is 11.1. The zero-order chi connectivity index (χ0) is 23.4. The molecule has 3 N–H and O–H groups in total. The molecule has 3 rings (SSSR count). The summed E-state index contributed by atoms with van der Waals surface area (Å²) in [5, 5.41) is 23.3. The van der Waals surface area contributed by atoms with Crippen LogP contribution in [0.4, 0.5) is 0 Å². The van der Waals surface area contributed by atoms with Gasteiger partial charge in [-0.2, -0.15) is 0 Å². The van der Waals surface area contributed by atoms with Gasteiger partial charge in [0.2, 0.25) is 0 Å². The minimum atomic E-state index is -0.946. The molecule has 1 saturated heterocycles. The minimum absolute atomic E-state index is 0.0680. The normalized spacial score (nSPS) is 23.6. The lowest BCUT2D eigenvalue weighted by Gasteiger charge is -2.37. The molecule has 2 aromatic rings. The quantitative estimate of drug-likeness (QED) is 0.592. The van der Waals surface area contributed by atoms with Crippen molar-refractivity contribution < 1.29 is 19.7 Å². The Hall–Kier alpha value is -2.73. The van der Waals surface area contributed by atoms with E-state index in [1.165, 1.54) is 0 Å². The number of allylic oxidation sites excluding steroid dienone is 2. The standard InChI is InChI=1S/C27H33NO4/c1-6-22-15-24(29)25(30)26(32-22)18(4)12-16(2)23-11-10-20(13-17(23)3)19-8-7-9-21(14-19)27(31)28-5/h7-14,22,24-26,29-30H,2,6,15H2,1,3-5H3,(H,28,31)/b18-12+/t22?,24?,25?,26-/m1/s1. The molecule has 0 saturated carbocycles. The topological polar surface area (TPSA) is 78.8 Å². The third kappa shape index (κ3) is 5.18. The van der Waals surface area contributed by atoms with E-state index in [2.05, 4.69) is 18.0 Å². The van der Waals surface area contributed by atoms with E-state index in [4.69, 9.17) is 4.74 Å². The van der Waals surface area contributed by atoms with Crippen LogP contribution in [0.3, 0.4) is 0 Å². The van der Waals surface area contributed by atoms with Gasteiger partial charge < -0.3 is 20.3 Å². The molecule has 2 aromatic carbocycles. The predicted molar refractivity (Wildman–Crippen MR) is 128 cm³/mol. The van der Waals surface area contributed by atoms with E-state index in [9.17, 15) is 15.0 Å². The van der Waals surface area contributed by atoms with Crippen molar-refractivity contribution in [2.45, 2.75) is 58.0 Å². The molecule has 0 aromatic heterocycles. The summed E-state index contributed by atoms with van der Waals surface area (Å²) in [6.07, 6.45) is 0.807. The fraction of sp³-hybridized carbons (Fsp3) is 0.370. The highest BCUT2D eigenvalue weighted by Crippen LogP contribution is 2.30. The van der Waals surface area contributed by atoms with Gasteiger partial charge in [-0.15, -0.1) is 0 Å². The van der Waals surface area contributed by atoms with Crippen LogP contribution in [0.1, 0.15) is 48.2 Å². The van der Waals surface area contributed by atoms with Crippen LogP contribution in [0.25, 0.3) is 16.7 Å². The summed E-state index contributed by atoms with van der Waals surface area (Å²) in [5.74, 6) is -0.114. The van der Waals surface area contributed by atoms with Crippen molar-refractivity contribution in [3.63, 3.8) is 0 Å². The average Bonchev–Trinajstić information content (AvgIpc) is 2.79. The van der Waals surface area contributed by atoms with Crippen molar-refractivity contribution in [1.82, 2.24) is 5.32 Å². The number of benzene rings is 2. The van der Waals surface area contributed by atoms with Gasteiger partial charge in [-0.05, 0) is 65.8 Å². The second-order valence-corrected chi connectivity index (χ2v) is 8.48. The number of ether oxygens (including phenoxy) is 1. The Morgan fingerprint density at radius 3 is 2.59 bits per heavy atom. The Bertz CT molecular complexity index is 1030. The number of nitrogens with one attached hydrogen (secondary N) is 1. The van der Waals surface area contributed by atoms with E-state index >= 15 is 0 Å². The van der Waals surface area contributed by atoms with Gasteiger partial charge in [0.25, 0.3) is 5.91 Å². The first kappa shape index (κ1) is 23.9. The van der Waals surface area contributed by atoms with Crippen molar-refractivity contribution in [2.24, 2.45) is 0 Å². The number of hydrogen-bond acceptors (Lipinski definition) is 4. The molecule has 5 heteroatoms. The predicted octanol–water partition coefficient (Wildman–Crippen LogP) is 4.27. The van der Waals surface area contributed by atoms with E-state index < -0.39 is 18.3 Å². The molecule has 5 nitrogen and oxygen atoms in total. The zero-order valence-electron chi connectivity index (χ0n) is 19.3. The molecule has 170 valence electrons. The molecule has 3 unspecified atom stereocenters. The van der Waals surface area contributed by atoms with Gasteiger partial charge in [-0.1, -0.05) is 49.9 Å². The van der Waals surface area contributed by atoms with Crippen molar-refractivity contribution in [3.05, 3.63) is 77.4 Å². The molecule has 0 bridgehead atoms. The fourth-order valence-electron chi connectivity index (χ4n) is 4.22. The van der Waals surface area contributed by atoms with Gasteiger partial charge in [-0.25, -0.2) is 0 Å². The molecule has 0 spiro atoms. The minimum Gasteiger partial charge on any atom is -0.390 e. The lowest BCUT2D eigenvalue weighted by Crippen LogP contribution is -2.48. The first-order valence-corrected chi connectivity index (χ1v) is 11.1. The van der Waals surface area contributed by atoms with Crippen molar-refractivity contribution in [1.29, 1.82) is 0 Å². The Morgan fingerprint density at radius 2 is 1.94 bits per heavy atom. The van der Waals surface area contributed by atoms with Gasteiger partial charge in [0.1, 0.15) is 12.2 Å². The maximum Gasteiger partial charge on any atom is 0.251 e. The second-order valence-electron chi connectivity index (χ2n) is 8.48. The number of carbonyl (C=O) groups is 1. The molecular weight excluding hydrogens is 402 g/mol. The summed E-state index contributed by atoms with van der Waals surface area (Å²) in [6, 6.07) is 13.6. The Labute approximate surface area is 190 Å². The SMILES string of the molecule is C=C(/C=C(\C)[C@H]1OC(CC)CC(O)C1O)c1ccc(-c2cccc(C(=O)NC)c2)cc1C. The molecule has 1 heterocycles. The number of aliphatic hydroxyl groups excluding tert-OH is 2. The van der Waals surface area contributed by atoms with E-state index in [1.54, 1.807) is 13.1 Å². The second kappa shape index (κ2) is 10.3. The van der Waals surface area contributed by atoms with Crippen LogP contribution in [0.5, 0.6) is 0 Å². The molecule has 1 fully saturated rings. The van der Waals surface area contributed by atoms with Gasteiger partial charge >= 0.3 is 0 Å². The van der Waals surface area contributed by atoms with Crippen LogP contribution in [-0.4, -0.2) is 47.6 Å². The Kier molecular flexibility index (Phi) is 7.67. The number of rotatable bonds is 6. The van der Waals surface area contributed by atoms with Crippen LogP contribution >= 0.6 is 0 Å². The molecule has 1 amide bonds. The Balaban J connectivity index is 1.83. The highest BCUT2D eigenvalue weighted by atomic mass is 16.5.